The van der Waals surface area contributed by atoms with E-state index in [0.29, 0.717) is 47.3 Å². The minimum atomic E-state index is -0.388. The number of hydrogen-bond acceptors (Lipinski definition) is 6. The van der Waals surface area contributed by atoms with Crippen LogP contribution in [0.25, 0.3) is 0 Å². The Bertz CT molecular complexity index is 1340. The Morgan fingerprint density at radius 3 is 2.32 bits per heavy atom. The number of aryl methyl sites for hydroxylation is 2. The quantitative estimate of drug-likeness (QED) is 0.219. The molecule has 0 bridgehead atoms. The van der Waals surface area contributed by atoms with Crippen molar-refractivity contribution < 1.29 is 23.5 Å². The van der Waals surface area contributed by atoms with Gasteiger partial charge >= 0.3 is 0 Å². The highest BCUT2D eigenvalue weighted by molar-refractivity contribution is 7.13. The van der Waals surface area contributed by atoms with E-state index in [1.807, 2.05) is 36.4 Å². The van der Waals surface area contributed by atoms with Gasteiger partial charge in [0, 0.05) is 48.5 Å². The number of methoxy groups -OCH3 is 1. The van der Waals surface area contributed by atoms with Crippen molar-refractivity contribution in [2.24, 2.45) is 0 Å². The molecule has 0 saturated carbocycles. The number of ether oxygens (including phenoxy) is 2. The number of hydrogen-bond donors (Lipinski definition) is 2. The summed E-state index contributed by atoms with van der Waals surface area (Å²) in [4.78, 5) is 29.3. The molecule has 3 aromatic carbocycles. The Hall–Kier alpha value is -4.08. The molecule has 0 saturated heterocycles. The number of amides is 2. The highest BCUT2D eigenvalue weighted by atomic mass is 32.1. The molecule has 2 N–H and O–H groups in total. The van der Waals surface area contributed by atoms with Gasteiger partial charge in [0.2, 0.25) is 0 Å². The summed E-state index contributed by atoms with van der Waals surface area (Å²) in [5.74, 6) is -0.309. The van der Waals surface area contributed by atoms with Crippen LogP contribution in [-0.2, 0) is 17.6 Å². The van der Waals surface area contributed by atoms with Gasteiger partial charge in [0.05, 0.1) is 6.61 Å². The summed E-state index contributed by atoms with van der Waals surface area (Å²) in [7, 11) is 1.65. The van der Waals surface area contributed by atoms with E-state index >= 15 is 0 Å². The van der Waals surface area contributed by atoms with Crippen molar-refractivity contribution in [3.63, 3.8) is 0 Å². The van der Waals surface area contributed by atoms with Crippen molar-refractivity contribution >= 4 is 34.0 Å². The third kappa shape index (κ3) is 7.96. The third-order valence-electron chi connectivity index (χ3n) is 5.66. The van der Waals surface area contributed by atoms with Gasteiger partial charge in [0.25, 0.3) is 11.8 Å². The van der Waals surface area contributed by atoms with Crippen molar-refractivity contribution in [3.05, 3.63) is 106 Å². The van der Waals surface area contributed by atoms with Gasteiger partial charge in [-0.3, -0.25) is 14.9 Å². The second kappa shape index (κ2) is 13.5. The van der Waals surface area contributed by atoms with Crippen LogP contribution in [0.3, 0.4) is 0 Å². The number of carbonyl (C=O) groups excluding carboxylic acids is 2. The van der Waals surface area contributed by atoms with Gasteiger partial charge in [0.1, 0.15) is 11.6 Å². The molecule has 1 heterocycles. The Kier molecular flexibility index (Phi) is 9.55. The van der Waals surface area contributed by atoms with E-state index in [4.69, 9.17) is 9.47 Å². The lowest BCUT2D eigenvalue weighted by molar-refractivity contribution is 0.101. The summed E-state index contributed by atoms with van der Waals surface area (Å²) in [5, 5.41) is 7.97. The zero-order valence-electron chi connectivity index (χ0n) is 20.9. The molecule has 9 heteroatoms. The fourth-order valence-corrected chi connectivity index (χ4v) is 4.24. The van der Waals surface area contributed by atoms with E-state index in [1.165, 1.54) is 35.6 Å². The Labute approximate surface area is 224 Å². The highest BCUT2D eigenvalue weighted by Gasteiger charge is 2.12. The first-order valence-electron chi connectivity index (χ1n) is 12.1. The van der Waals surface area contributed by atoms with Crippen LogP contribution in [0.5, 0.6) is 5.75 Å². The first kappa shape index (κ1) is 27.0. The van der Waals surface area contributed by atoms with Gasteiger partial charge in [-0.2, -0.15) is 0 Å². The van der Waals surface area contributed by atoms with E-state index in [0.717, 1.165) is 24.0 Å². The second-order valence-corrected chi connectivity index (χ2v) is 9.40. The molecule has 1 aromatic heterocycles. The number of anilines is 2. The lowest BCUT2D eigenvalue weighted by Crippen LogP contribution is -2.13. The van der Waals surface area contributed by atoms with Gasteiger partial charge in [0.15, 0.2) is 5.13 Å². The summed E-state index contributed by atoms with van der Waals surface area (Å²) in [5.41, 5.74) is 3.57. The first-order valence-corrected chi connectivity index (χ1v) is 13.0. The molecule has 4 rings (SSSR count). The number of aromatic nitrogens is 1. The van der Waals surface area contributed by atoms with Crippen molar-refractivity contribution in [2.45, 2.75) is 19.3 Å². The van der Waals surface area contributed by atoms with Crippen LogP contribution in [0.2, 0.25) is 0 Å². The molecule has 0 unspecified atom stereocenters. The second-order valence-electron chi connectivity index (χ2n) is 8.51. The Morgan fingerprint density at radius 2 is 1.61 bits per heavy atom. The minimum Gasteiger partial charge on any atom is -0.493 e. The van der Waals surface area contributed by atoms with E-state index in [9.17, 15) is 14.0 Å². The molecule has 4 aromatic rings. The van der Waals surface area contributed by atoms with Gasteiger partial charge in [-0.15, -0.1) is 11.3 Å². The van der Waals surface area contributed by atoms with Crippen LogP contribution in [0, 0.1) is 5.82 Å². The number of nitrogens with zero attached hydrogens (tertiary/aromatic N) is 1. The molecule has 0 aliphatic heterocycles. The zero-order chi connectivity index (χ0) is 26.7. The number of halogens is 1. The van der Waals surface area contributed by atoms with Crippen LogP contribution >= 0.6 is 11.3 Å². The minimum absolute atomic E-state index is 0.246. The molecule has 196 valence electrons. The summed E-state index contributed by atoms with van der Waals surface area (Å²) in [6.45, 7) is 1.08. The van der Waals surface area contributed by atoms with Crippen molar-refractivity contribution in [1.29, 1.82) is 0 Å². The fourth-order valence-electron chi connectivity index (χ4n) is 3.72. The Balaban J connectivity index is 1.40. The number of carbonyl (C=O) groups is 2. The molecular formula is C29H28FN3O4S. The van der Waals surface area contributed by atoms with Crippen LogP contribution < -0.4 is 15.4 Å². The average Bonchev–Trinajstić information content (AvgIpc) is 3.44. The summed E-state index contributed by atoms with van der Waals surface area (Å²) in [6, 6.07) is 18.5. The van der Waals surface area contributed by atoms with Crippen LogP contribution in [0.1, 0.15) is 38.3 Å². The molecule has 7 nitrogen and oxygen atoms in total. The molecule has 0 spiro atoms. The predicted molar refractivity (Wildman–Crippen MR) is 147 cm³/mol. The van der Waals surface area contributed by atoms with Gasteiger partial charge in [-0.25, -0.2) is 9.37 Å². The Morgan fingerprint density at radius 1 is 0.868 bits per heavy atom. The zero-order valence-corrected chi connectivity index (χ0v) is 21.7. The topological polar surface area (TPSA) is 89.5 Å². The molecule has 2 amide bonds. The molecule has 0 aliphatic carbocycles. The van der Waals surface area contributed by atoms with Gasteiger partial charge < -0.3 is 14.8 Å². The lowest BCUT2D eigenvalue weighted by atomic mass is 10.0. The number of benzene rings is 3. The molecule has 0 radical (unpaired) electrons. The average molecular weight is 534 g/mol. The smallest absolute Gasteiger partial charge is 0.257 e. The van der Waals surface area contributed by atoms with Crippen LogP contribution in [0.4, 0.5) is 15.2 Å². The number of nitrogens with one attached hydrogen (secondary N) is 2. The number of thiazole rings is 1. The largest absolute Gasteiger partial charge is 0.493 e. The van der Waals surface area contributed by atoms with Crippen molar-refractivity contribution in [1.82, 2.24) is 4.98 Å². The number of rotatable bonds is 12. The molecule has 0 atom stereocenters. The van der Waals surface area contributed by atoms with Gasteiger partial charge in [-0.1, -0.05) is 12.1 Å². The van der Waals surface area contributed by atoms with E-state index in [1.54, 1.807) is 24.8 Å². The molecule has 38 heavy (non-hydrogen) atoms. The van der Waals surface area contributed by atoms with Crippen LogP contribution in [-0.4, -0.2) is 37.1 Å². The lowest BCUT2D eigenvalue weighted by Gasteiger charge is -2.12. The maximum atomic E-state index is 13.1. The standard InChI is InChI=1S/C29H28FN3O4S/c1-36-14-2-15-37-26-18-21(17-23(19-26)28(35)33-29-31-13-16-38-29)4-3-20-5-11-25(12-6-20)32-27(34)22-7-9-24(30)10-8-22/h5-13,16-19H,2-4,14-15H2,1H3,(H,32,34)(H,31,33,35). The van der Waals surface area contributed by atoms with Crippen molar-refractivity contribution in [3.8, 4) is 5.75 Å². The maximum Gasteiger partial charge on any atom is 0.257 e. The van der Waals surface area contributed by atoms with E-state index < -0.39 is 0 Å². The van der Waals surface area contributed by atoms with E-state index in [2.05, 4.69) is 15.6 Å². The highest BCUT2D eigenvalue weighted by Crippen LogP contribution is 2.22. The predicted octanol–water partition coefficient (Wildman–Crippen LogP) is 5.99. The summed E-state index contributed by atoms with van der Waals surface area (Å²) >= 11 is 1.36. The van der Waals surface area contributed by atoms with E-state index in [-0.39, 0.29) is 17.6 Å². The molecule has 0 aliphatic rings. The van der Waals surface area contributed by atoms with Crippen LogP contribution in [0.15, 0.2) is 78.3 Å². The molecular weight excluding hydrogens is 505 g/mol. The normalized spacial score (nSPS) is 10.7. The maximum absolute atomic E-state index is 13.1. The monoisotopic (exact) mass is 533 g/mol. The fraction of sp³-hybridized carbons (Fsp3) is 0.207. The first-order chi connectivity index (χ1) is 18.5. The summed E-state index contributed by atoms with van der Waals surface area (Å²) < 4.78 is 24.1. The van der Waals surface area contributed by atoms with Crippen molar-refractivity contribution in [2.75, 3.05) is 31.0 Å². The molecule has 0 fully saturated rings. The van der Waals surface area contributed by atoms with Gasteiger partial charge in [-0.05, 0) is 78.6 Å². The SMILES string of the molecule is COCCCOc1cc(CCc2ccc(NC(=O)c3ccc(F)cc3)cc2)cc(C(=O)Nc2nccs2)c1. The third-order valence-corrected chi connectivity index (χ3v) is 6.35. The summed E-state index contributed by atoms with van der Waals surface area (Å²) in [6.07, 6.45) is 3.80.